The minimum Gasteiger partial charge on any atom is -0.0911 e. The molecule has 0 aromatic heterocycles. The van der Waals surface area contributed by atoms with Gasteiger partial charge in [0.2, 0.25) is 0 Å². The first-order valence-corrected chi connectivity index (χ1v) is 2.78. The van der Waals surface area contributed by atoms with Gasteiger partial charge in [-0.3, -0.25) is 0 Å². The molecule has 0 nitrogen and oxygen atoms in total. The molecule has 0 aliphatic heterocycles. The third-order valence-corrected chi connectivity index (χ3v) is 1.05. The van der Waals surface area contributed by atoms with Crippen molar-refractivity contribution >= 4 is 0 Å². The summed E-state index contributed by atoms with van der Waals surface area (Å²) in [5.74, 6) is 1.28. The molecule has 0 heteroatoms. The lowest BCUT2D eigenvalue weighted by atomic mass is 10.1. The van der Waals surface area contributed by atoms with E-state index in [0.717, 1.165) is 0 Å². The van der Waals surface area contributed by atoms with Crippen LogP contribution >= 0.6 is 0 Å². The zero-order valence-electron chi connectivity index (χ0n) is 4.96. The van der Waals surface area contributed by atoms with Gasteiger partial charge in [-0.15, -0.1) is 0 Å². The van der Waals surface area contributed by atoms with E-state index in [2.05, 4.69) is 18.9 Å². The van der Waals surface area contributed by atoms with E-state index in [9.17, 15) is 0 Å². The highest BCUT2D eigenvalue weighted by Gasteiger charge is 2.12. The molecule has 1 aliphatic rings. The van der Waals surface area contributed by atoms with Crippen molar-refractivity contribution in [2.75, 3.05) is 0 Å². The molecule has 0 N–H and O–H groups in total. The number of hydrogen-bond acceptors (Lipinski definition) is 0. The summed E-state index contributed by atoms with van der Waals surface area (Å²) in [6.07, 6.45) is 12.4. The van der Waals surface area contributed by atoms with Gasteiger partial charge in [0, 0.05) is 5.92 Å². The lowest BCUT2D eigenvalue weighted by Gasteiger charge is -1.94. The van der Waals surface area contributed by atoms with Crippen LogP contribution in [0.25, 0.3) is 0 Å². The first-order valence-electron chi connectivity index (χ1n) is 2.78. The molecule has 1 saturated carbocycles. The second-order valence-corrected chi connectivity index (χ2v) is 1.72. The van der Waals surface area contributed by atoms with Crippen molar-refractivity contribution in [3.63, 3.8) is 0 Å². The van der Waals surface area contributed by atoms with Crippen LogP contribution in [-0.2, 0) is 0 Å². The number of hydrogen-bond donors (Lipinski definition) is 0. The maximum absolute atomic E-state index is 2.08. The summed E-state index contributed by atoms with van der Waals surface area (Å²) in [7, 11) is 0. The van der Waals surface area contributed by atoms with Gasteiger partial charge in [0.15, 0.2) is 0 Å². The zero-order valence-corrected chi connectivity index (χ0v) is 4.96. The summed E-state index contributed by atoms with van der Waals surface area (Å²) in [5.41, 5.74) is 0. The van der Waals surface area contributed by atoms with Gasteiger partial charge in [-0.2, -0.15) is 0 Å². The van der Waals surface area contributed by atoms with Crippen molar-refractivity contribution in [1.82, 2.24) is 0 Å². The van der Waals surface area contributed by atoms with Crippen molar-refractivity contribution in [3.05, 3.63) is 43.8 Å². The van der Waals surface area contributed by atoms with Crippen LogP contribution in [0.5, 0.6) is 0 Å². The van der Waals surface area contributed by atoms with Crippen molar-refractivity contribution in [3.8, 4) is 0 Å². The van der Waals surface area contributed by atoms with Gasteiger partial charge in [-0.05, 0) is 32.6 Å². The van der Waals surface area contributed by atoms with Crippen molar-refractivity contribution in [1.29, 1.82) is 0 Å². The number of allylic oxidation sites excluding steroid dienone is 2. The lowest BCUT2D eigenvalue weighted by molar-refractivity contribution is 1.37. The Hall–Kier alpha value is -0.260. The molecule has 0 unspecified atom stereocenters. The van der Waals surface area contributed by atoms with Gasteiger partial charge in [-0.25, -0.2) is 0 Å². The first kappa shape index (κ1) is 5.87. The Labute approximate surface area is 51.6 Å². The van der Waals surface area contributed by atoms with Gasteiger partial charge >= 0.3 is 0 Å². The van der Waals surface area contributed by atoms with Crippen LogP contribution in [0.4, 0.5) is 0 Å². The van der Waals surface area contributed by atoms with E-state index < -0.39 is 0 Å². The largest absolute Gasteiger partial charge is 0.0911 e. The highest BCUT2D eigenvalue weighted by molar-refractivity contribution is 5.41. The molecule has 0 saturated heterocycles. The van der Waals surface area contributed by atoms with E-state index >= 15 is 0 Å². The Balaban J connectivity index is 2.24. The maximum Gasteiger partial charge on any atom is 0.00466 e. The van der Waals surface area contributed by atoms with Gasteiger partial charge in [0.25, 0.3) is 0 Å². The third kappa shape index (κ3) is 1.36. The van der Waals surface area contributed by atoms with Gasteiger partial charge in [-0.1, -0.05) is 12.2 Å². The predicted octanol–water partition coefficient (Wildman–Crippen LogP) is 1.97. The summed E-state index contributed by atoms with van der Waals surface area (Å²) in [6.45, 7) is 2.02. The highest BCUT2D eigenvalue weighted by atomic mass is 14.2. The third-order valence-electron chi connectivity index (χ3n) is 1.05. The molecular weight excluding hydrogens is 96.1 g/mol. The molecule has 8 heavy (non-hydrogen) atoms. The summed E-state index contributed by atoms with van der Waals surface area (Å²) in [4.78, 5) is 0. The van der Waals surface area contributed by atoms with E-state index in [1.165, 1.54) is 5.92 Å². The fourth-order valence-corrected chi connectivity index (χ4v) is 0.692. The summed E-state index contributed by atoms with van der Waals surface area (Å²) in [6, 6.07) is 0. The molecule has 5 radical (unpaired) electrons. The molecule has 1 aliphatic carbocycles. The van der Waals surface area contributed by atoms with Crippen LogP contribution in [0.1, 0.15) is 6.92 Å². The Morgan fingerprint density at radius 1 is 1.25 bits per heavy atom. The first-order chi connectivity index (χ1) is 3.93. The monoisotopic (exact) mass is 105 g/mol. The van der Waals surface area contributed by atoms with E-state index in [-0.39, 0.29) is 0 Å². The summed E-state index contributed by atoms with van der Waals surface area (Å²) < 4.78 is 0. The second-order valence-electron chi connectivity index (χ2n) is 1.72. The molecule has 0 aromatic carbocycles. The normalized spacial score (nSPS) is 23.1. The predicted molar refractivity (Wildman–Crippen MR) is 35.3 cm³/mol. The minimum absolute atomic E-state index is 1.28. The zero-order chi connectivity index (χ0) is 5.82. The topological polar surface area (TPSA) is 0 Å². The lowest BCUT2D eigenvalue weighted by Crippen LogP contribution is -1.82. The SMILES string of the molecule is C/C=C/[C]1[CH][CH][CH][CH]1. The van der Waals surface area contributed by atoms with Gasteiger partial charge in [0.1, 0.15) is 0 Å². The molecule has 0 spiro atoms. The van der Waals surface area contributed by atoms with Crippen LogP contribution in [-0.4, -0.2) is 0 Å². The Morgan fingerprint density at radius 2 is 1.88 bits per heavy atom. The van der Waals surface area contributed by atoms with Crippen molar-refractivity contribution < 1.29 is 0 Å². The standard InChI is InChI=1S/C8H9/c1-2-5-8-6-3-4-7-8/h2-7H,1H3/b5-2+. The molecule has 1 rings (SSSR count). The molecule has 0 aromatic rings. The molecule has 0 heterocycles. The van der Waals surface area contributed by atoms with Gasteiger partial charge < -0.3 is 0 Å². The minimum atomic E-state index is 1.28. The molecule has 1 fully saturated rings. The maximum atomic E-state index is 2.08. The summed E-state index contributed by atoms with van der Waals surface area (Å²) in [5, 5.41) is 0. The molecule has 0 atom stereocenters. The number of rotatable bonds is 1. The molecule has 0 bridgehead atoms. The highest BCUT2D eigenvalue weighted by Crippen LogP contribution is 2.23. The Morgan fingerprint density at radius 3 is 2.38 bits per heavy atom. The van der Waals surface area contributed by atoms with Crippen LogP contribution in [0, 0.1) is 31.6 Å². The average molecular weight is 105 g/mol. The van der Waals surface area contributed by atoms with Gasteiger partial charge in [0.05, 0.1) is 0 Å². The van der Waals surface area contributed by atoms with Crippen molar-refractivity contribution in [2.45, 2.75) is 6.92 Å². The molecule has 41 valence electrons. The van der Waals surface area contributed by atoms with Crippen LogP contribution < -0.4 is 0 Å². The second kappa shape index (κ2) is 2.91. The Kier molecular flexibility index (Phi) is 2.13. The fourth-order valence-electron chi connectivity index (χ4n) is 0.692. The quantitative estimate of drug-likeness (QED) is 0.478. The van der Waals surface area contributed by atoms with Crippen molar-refractivity contribution in [2.24, 2.45) is 0 Å². The van der Waals surface area contributed by atoms with E-state index in [1.54, 1.807) is 0 Å². The van der Waals surface area contributed by atoms with E-state index in [1.807, 2.05) is 25.8 Å². The van der Waals surface area contributed by atoms with Crippen LogP contribution in [0.3, 0.4) is 0 Å². The fraction of sp³-hybridized carbons (Fsp3) is 0.125. The van der Waals surface area contributed by atoms with Crippen LogP contribution in [0.15, 0.2) is 12.2 Å². The summed E-state index contributed by atoms with van der Waals surface area (Å²) >= 11 is 0. The van der Waals surface area contributed by atoms with E-state index in [4.69, 9.17) is 0 Å². The molecule has 0 amide bonds. The van der Waals surface area contributed by atoms with E-state index in [0.29, 0.717) is 0 Å². The molecular formula is C8H9. The Bertz CT molecular complexity index is 76.0. The smallest absolute Gasteiger partial charge is 0.00466 e. The van der Waals surface area contributed by atoms with Crippen LogP contribution in [0.2, 0.25) is 0 Å². The average Bonchev–Trinajstić information content (AvgIpc) is 2.19.